The molecule has 0 fully saturated rings. The lowest BCUT2D eigenvalue weighted by molar-refractivity contribution is -0.142. The monoisotopic (exact) mass is 377 g/mol. The lowest BCUT2D eigenvalue weighted by Crippen LogP contribution is -2.43. The van der Waals surface area contributed by atoms with Crippen molar-refractivity contribution < 1.29 is 24.2 Å². The molecular formula is C21H31NO5. The largest absolute Gasteiger partial charge is 0.493 e. The van der Waals surface area contributed by atoms with E-state index in [2.05, 4.69) is 12.2 Å². The first-order chi connectivity index (χ1) is 12.9. The van der Waals surface area contributed by atoms with Crippen molar-refractivity contribution in [3.8, 4) is 11.5 Å². The Morgan fingerprint density at radius 3 is 2.52 bits per heavy atom. The minimum Gasteiger partial charge on any atom is -0.493 e. The molecule has 2 N–H and O–H groups in total. The van der Waals surface area contributed by atoms with Crippen LogP contribution in [0.2, 0.25) is 0 Å². The number of hydrogen-bond acceptors (Lipinski definition) is 4. The summed E-state index contributed by atoms with van der Waals surface area (Å²) >= 11 is 0. The molecule has 0 bridgehead atoms. The van der Waals surface area contributed by atoms with Gasteiger partial charge in [0.05, 0.1) is 13.7 Å². The average Bonchev–Trinajstić information content (AvgIpc) is 2.64. The van der Waals surface area contributed by atoms with E-state index in [1.165, 1.54) is 18.9 Å². The van der Waals surface area contributed by atoms with E-state index < -0.39 is 17.9 Å². The summed E-state index contributed by atoms with van der Waals surface area (Å²) in [5, 5.41) is 11.6. The van der Waals surface area contributed by atoms with Crippen LogP contribution in [0.1, 0.15) is 52.0 Å². The molecule has 27 heavy (non-hydrogen) atoms. The molecule has 0 aliphatic carbocycles. The molecule has 0 unspecified atom stereocenters. The van der Waals surface area contributed by atoms with E-state index in [0.29, 0.717) is 18.1 Å². The predicted octanol–water partition coefficient (Wildman–Crippen LogP) is 3.89. The van der Waals surface area contributed by atoms with E-state index in [-0.39, 0.29) is 5.92 Å². The molecule has 0 aliphatic rings. The molecule has 6 nitrogen and oxygen atoms in total. The van der Waals surface area contributed by atoms with Gasteiger partial charge in [0.1, 0.15) is 6.04 Å². The van der Waals surface area contributed by atoms with Crippen LogP contribution in [0.4, 0.5) is 0 Å². The minimum absolute atomic E-state index is 0.200. The van der Waals surface area contributed by atoms with Gasteiger partial charge in [0.25, 0.3) is 0 Å². The Morgan fingerprint density at radius 2 is 1.93 bits per heavy atom. The molecule has 1 aromatic carbocycles. The number of aliphatic carboxylic acids is 1. The van der Waals surface area contributed by atoms with Crippen molar-refractivity contribution in [2.75, 3.05) is 13.7 Å². The molecule has 1 atom stereocenters. The number of nitrogens with one attached hydrogen (secondary N) is 1. The normalized spacial score (nSPS) is 12.2. The Morgan fingerprint density at radius 1 is 1.19 bits per heavy atom. The van der Waals surface area contributed by atoms with Gasteiger partial charge < -0.3 is 19.9 Å². The van der Waals surface area contributed by atoms with E-state index in [4.69, 9.17) is 14.6 Å². The number of rotatable bonds is 12. The highest BCUT2D eigenvalue weighted by atomic mass is 16.5. The van der Waals surface area contributed by atoms with E-state index >= 15 is 0 Å². The number of carbonyl (C=O) groups is 2. The first kappa shape index (κ1) is 22.5. The fraction of sp³-hybridized carbons (Fsp3) is 0.524. The maximum atomic E-state index is 12.0. The Bertz CT molecular complexity index is 639. The second kappa shape index (κ2) is 12.0. The Balaban J connectivity index is 2.68. The lowest BCUT2D eigenvalue weighted by atomic mass is 10.0. The fourth-order valence-corrected chi connectivity index (χ4v) is 2.50. The highest BCUT2D eigenvalue weighted by Gasteiger charge is 2.22. The molecular weight excluding hydrogens is 346 g/mol. The standard InChI is InChI=1S/C21H31NO5/c1-5-6-7-8-13-27-17-11-9-16(14-18(17)26-4)10-12-19(23)22-20(15(2)3)21(24)25/h9-12,14-15,20H,5-8,13H2,1-4H3,(H,22,23)(H,24,25)/b12-10+/t20-/m0/s1. The molecule has 1 aromatic rings. The first-order valence-corrected chi connectivity index (χ1v) is 9.41. The molecule has 0 radical (unpaired) electrons. The van der Waals surface area contributed by atoms with Crippen LogP contribution in [0, 0.1) is 5.92 Å². The Kier molecular flexibility index (Phi) is 10.0. The van der Waals surface area contributed by atoms with Crippen LogP contribution < -0.4 is 14.8 Å². The summed E-state index contributed by atoms with van der Waals surface area (Å²) in [4.78, 5) is 23.1. The number of benzene rings is 1. The van der Waals surface area contributed by atoms with Crippen molar-refractivity contribution in [1.29, 1.82) is 0 Å². The summed E-state index contributed by atoms with van der Waals surface area (Å²) in [7, 11) is 1.57. The molecule has 0 heterocycles. The van der Waals surface area contributed by atoms with Crippen LogP contribution in [-0.2, 0) is 9.59 Å². The smallest absolute Gasteiger partial charge is 0.326 e. The van der Waals surface area contributed by atoms with Crippen LogP contribution in [-0.4, -0.2) is 36.7 Å². The van der Waals surface area contributed by atoms with Gasteiger partial charge in [0.2, 0.25) is 5.91 Å². The van der Waals surface area contributed by atoms with Gasteiger partial charge in [-0.05, 0) is 36.1 Å². The zero-order chi connectivity index (χ0) is 20.2. The molecule has 0 saturated heterocycles. The molecule has 150 valence electrons. The van der Waals surface area contributed by atoms with Gasteiger partial charge in [-0.25, -0.2) is 4.79 Å². The molecule has 0 spiro atoms. The van der Waals surface area contributed by atoms with Gasteiger partial charge in [-0.1, -0.05) is 46.1 Å². The van der Waals surface area contributed by atoms with Gasteiger partial charge in [-0.15, -0.1) is 0 Å². The quantitative estimate of drug-likeness (QED) is 0.426. The number of carboxylic acid groups (broad SMARTS) is 1. The Labute approximate surface area is 161 Å². The molecule has 6 heteroatoms. The average molecular weight is 377 g/mol. The van der Waals surface area contributed by atoms with Crippen LogP contribution in [0.3, 0.4) is 0 Å². The number of hydrogen-bond donors (Lipinski definition) is 2. The zero-order valence-electron chi connectivity index (χ0n) is 16.7. The molecule has 0 aromatic heterocycles. The number of carbonyl (C=O) groups excluding carboxylic acids is 1. The van der Waals surface area contributed by atoms with Gasteiger partial charge in [0.15, 0.2) is 11.5 Å². The van der Waals surface area contributed by atoms with Crippen molar-refractivity contribution in [2.24, 2.45) is 5.92 Å². The molecule has 0 saturated carbocycles. The van der Waals surface area contributed by atoms with Crippen molar-refractivity contribution in [3.63, 3.8) is 0 Å². The summed E-state index contributed by atoms with van der Waals surface area (Å²) in [6.07, 6.45) is 7.45. The number of ether oxygens (including phenoxy) is 2. The van der Waals surface area contributed by atoms with Crippen LogP contribution in [0.5, 0.6) is 11.5 Å². The number of unbranched alkanes of at least 4 members (excludes halogenated alkanes) is 3. The third-order valence-electron chi connectivity index (χ3n) is 4.10. The zero-order valence-corrected chi connectivity index (χ0v) is 16.7. The van der Waals surface area contributed by atoms with Crippen LogP contribution in [0.25, 0.3) is 6.08 Å². The second-order valence-corrected chi connectivity index (χ2v) is 6.72. The summed E-state index contributed by atoms with van der Waals surface area (Å²) < 4.78 is 11.1. The van der Waals surface area contributed by atoms with E-state index in [9.17, 15) is 9.59 Å². The van der Waals surface area contributed by atoms with E-state index in [0.717, 1.165) is 18.4 Å². The third kappa shape index (κ3) is 8.15. The number of amides is 1. The van der Waals surface area contributed by atoms with E-state index in [1.54, 1.807) is 33.1 Å². The van der Waals surface area contributed by atoms with Crippen LogP contribution in [0.15, 0.2) is 24.3 Å². The van der Waals surface area contributed by atoms with Crippen molar-refractivity contribution in [1.82, 2.24) is 5.32 Å². The highest BCUT2D eigenvalue weighted by Crippen LogP contribution is 2.28. The Hall–Kier alpha value is -2.50. The van der Waals surface area contributed by atoms with Gasteiger partial charge >= 0.3 is 5.97 Å². The number of carboxylic acids is 1. The van der Waals surface area contributed by atoms with Gasteiger partial charge in [-0.3, -0.25) is 4.79 Å². The second-order valence-electron chi connectivity index (χ2n) is 6.72. The minimum atomic E-state index is -1.05. The van der Waals surface area contributed by atoms with Gasteiger partial charge in [-0.2, -0.15) is 0 Å². The lowest BCUT2D eigenvalue weighted by Gasteiger charge is -2.16. The maximum Gasteiger partial charge on any atom is 0.326 e. The maximum absolute atomic E-state index is 12.0. The predicted molar refractivity (Wildman–Crippen MR) is 106 cm³/mol. The summed E-state index contributed by atoms with van der Waals surface area (Å²) in [6.45, 7) is 6.30. The van der Waals surface area contributed by atoms with Crippen molar-refractivity contribution in [3.05, 3.63) is 29.8 Å². The number of methoxy groups -OCH3 is 1. The molecule has 0 aliphatic heterocycles. The first-order valence-electron chi connectivity index (χ1n) is 9.41. The highest BCUT2D eigenvalue weighted by molar-refractivity contribution is 5.94. The van der Waals surface area contributed by atoms with E-state index in [1.807, 2.05) is 12.1 Å². The van der Waals surface area contributed by atoms with Crippen molar-refractivity contribution in [2.45, 2.75) is 52.5 Å². The fourth-order valence-electron chi connectivity index (χ4n) is 2.50. The summed E-state index contributed by atoms with van der Waals surface area (Å²) in [6, 6.07) is 4.50. The topological polar surface area (TPSA) is 84.9 Å². The molecule has 1 amide bonds. The summed E-state index contributed by atoms with van der Waals surface area (Å²) in [5.41, 5.74) is 0.761. The third-order valence-corrected chi connectivity index (χ3v) is 4.10. The van der Waals surface area contributed by atoms with Crippen LogP contribution >= 0.6 is 0 Å². The summed E-state index contributed by atoms with van der Waals surface area (Å²) in [5.74, 6) is -0.436. The SMILES string of the molecule is CCCCCCOc1ccc(/C=C/C(=O)N[C@H](C(=O)O)C(C)C)cc1OC. The van der Waals surface area contributed by atoms with Gasteiger partial charge in [0, 0.05) is 6.08 Å². The van der Waals surface area contributed by atoms with Crippen molar-refractivity contribution >= 4 is 18.0 Å². The molecule has 1 rings (SSSR count).